The predicted octanol–water partition coefficient (Wildman–Crippen LogP) is 0.642. The Balaban J connectivity index is 3.92. The Bertz CT molecular complexity index is 184. The van der Waals surface area contributed by atoms with E-state index in [1.54, 1.807) is 0 Å². The average molecular weight is 145 g/mol. The summed E-state index contributed by atoms with van der Waals surface area (Å²) in [6.07, 6.45) is 0.759. The van der Waals surface area contributed by atoms with Gasteiger partial charge in [-0.15, -0.1) is 0 Å². The van der Waals surface area contributed by atoms with Gasteiger partial charge in [-0.3, -0.25) is 14.9 Å². The molecule has 0 aliphatic heterocycles. The quantitative estimate of drug-likeness (QED) is 0.466. The zero-order valence-electron chi connectivity index (χ0n) is 5.40. The largest absolute Gasteiger partial charge is 0.481 e. The Kier molecular flexibility index (Phi) is 3.10. The first kappa shape index (κ1) is 8.61. The van der Waals surface area contributed by atoms with Gasteiger partial charge in [0, 0.05) is 6.92 Å². The molecule has 0 heterocycles. The number of carboxylic acids is 1. The SMILES string of the molecule is C/C(=C\CC(=O)O)[N+](=O)[O-]. The van der Waals surface area contributed by atoms with Gasteiger partial charge in [-0.05, 0) is 6.08 Å². The third-order valence-electron chi connectivity index (χ3n) is 0.860. The molecule has 56 valence electrons. The molecule has 10 heavy (non-hydrogen) atoms. The van der Waals surface area contributed by atoms with E-state index in [9.17, 15) is 14.9 Å². The number of carboxylic acid groups (broad SMARTS) is 1. The van der Waals surface area contributed by atoms with Crippen molar-refractivity contribution in [3.63, 3.8) is 0 Å². The number of nitrogens with zero attached hydrogens (tertiary/aromatic N) is 1. The zero-order valence-corrected chi connectivity index (χ0v) is 5.40. The van der Waals surface area contributed by atoms with Crippen LogP contribution in [0.5, 0.6) is 0 Å². The maximum Gasteiger partial charge on any atom is 0.307 e. The van der Waals surface area contributed by atoms with E-state index in [1.165, 1.54) is 6.92 Å². The summed E-state index contributed by atoms with van der Waals surface area (Å²) in [5, 5.41) is 17.9. The molecule has 5 heteroatoms. The summed E-state index contributed by atoms with van der Waals surface area (Å²) < 4.78 is 0. The topological polar surface area (TPSA) is 80.4 Å². The van der Waals surface area contributed by atoms with Crippen molar-refractivity contribution in [2.45, 2.75) is 13.3 Å². The van der Waals surface area contributed by atoms with E-state index in [2.05, 4.69) is 0 Å². The lowest BCUT2D eigenvalue weighted by Crippen LogP contribution is -1.96. The third kappa shape index (κ3) is 3.59. The smallest absolute Gasteiger partial charge is 0.307 e. The lowest BCUT2D eigenvalue weighted by Gasteiger charge is -1.86. The van der Waals surface area contributed by atoms with Gasteiger partial charge in [0.2, 0.25) is 5.70 Å². The Morgan fingerprint density at radius 1 is 1.80 bits per heavy atom. The number of allylic oxidation sites excluding steroid dienone is 1. The Labute approximate surface area is 57.1 Å². The molecule has 0 radical (unpaired) electrons. The van der Waals surface area contributed by atoms with Gasteiger partial charge in [0.15, 0.2) is 0 Å². The zero-order chi connectivity index (χ0) is 8.15. The molecule has 1 N–H and O–H groups in total. The molecule has 0 aromatic rings. The number of hydrogen-bond acceptors (Lipinski definition) is 3. The molecule has 0 atom stereocenters. The Hall–Kier alpha value is -1.39. The highest BCUT2D eigenvalue weighted by Crippen LogP contribution is 1.94. The van der Waals surface area contributed by atoms with Crippen LogP contribution in [-0.4, -0.2) is 16.0 Å². The highest BCUT2D eigenvalue weighted by atomic mass is 16.6. The van der Waals surface area contributed by atoms with Crippen LogP contribution in [-0.2, 0) is 4.79 Å². The summed E-state index contributed by atoms with van der Waals surface area (Å²) in [5.41, 5.74) is -0.137. The van der Waals surface area contributed by atoms with Crippen molar-refractivity contribution in [2.24, 2.45) is 0 Å². The minimum atomic E-state index is -1.07. The van der Waals surface area contributed by atoms with Crippen LogP contribution in [0, 0.1) is 10.1 Å². The number of hydrogen-bond donors (Lipinski definition) is 1. The fraction of sp³-hybridized carbons (Fsp3) is 0.400. The van der Waals surface area contributed by atoms with Crippen LogP contribution in [0.2, 0.25) is 0 Å². The van der Waals surface area contributed by atoms with Crippen molar-refractivity contribution in [3.8, 4) is 0 Å². The van der Waals surface area contributed by atoms with E-state index in [1.807, 2.05) is 0 Å². The van der Waals surface area contributed by atoms with Crippen LogP contribution in [0.15, 0.2) is 11.8 Å². The van der Waals surface area contributed by atoms with Gasteiger partial charge >= 0.3 is 5.97 Å². The maximum absolute atomic E-state index is 9.86. The molecular weight excluding hydrogens is 138 g/mol. The molecule has 0 bridgehead atoms. The number of carbonyl (C=O) groups is 1. The maximum atomic E-state index is 9.86. The minimum Gasteiger partial charge on any atom is -0.481 e. The van der Waals surface area contributed by atoms with Crippen molar-refractivity contribution < 1.29 is 14.8 Å². The molecule has 0 rings (SSSR count). The lowest BCUT2D eigenvalue weighted by atomic mass is 10.3. The number of nitro groups is 1. The Morgan fingerprint density at radius 2 is 2.30 bits per heavy atom. The molecule has 0 aliphatic rings. The minimum absolute atomic E-state index is 0.137. The van der Waals surface area contributed by atoms with Gasteiger partial charge in [-0.2, -0.15) is 0 Å². The molecule has 0 fully saturated rings. The molecule has 0 saturated heterocycles. The molecule has 0 aromatic carbocycles. The van der Waals surface area contributed by atoms with E-state index >= 15 is 0 Å². The molecule has 5 nitrogen and oxygen atoms in total. The van der Waals surface area contributed by atoms with Gasteiger partial charge in [0.1, 0.15) is 0 Å². The van der Waals surface area contributed by atoms with E-state index in [4.69, 9.17) is 5.11 Å². The van der Waals surface area contributed by atoms with Crippen LogP contribution in [0.3, 0.4) is 0 Å². The van der Waals surface area contributed by atoms with E-state index in [0.29, 0.717) is 0 Å². The highest BCUT2D eigenvalue weighted by molar-refractivity contribution is 5.68. The summed E-state index contributed by atoms with van der Waals surface area (Å²) >= 11 is 0. The highest BCUT2D eigenvalue weighted by Gasteiger charge is 2.01. The van der Waals surface area contributed by atoms with Crippen LogP contribution in [0.1, 0.15) is 13.3 Å². The van der Waals surface area contributed by atoms with Gasteiger partial charge in [0.05, 0.1) is 11.3 Å². The summed E-state index contributed by atoms with van der Waals surface area (Å²) in [6, 6.07) is 0. The van der Waals surface area contributed by atoms with Crippen LogP contribution in [0.25, 0.3) is 0 Å². The fourth-order valence-corrected chi connectivity index (χ4v) is 0.310. The molecule has 0 unspecified atom stereocenters. The third-order valence-corrected chi connectivity index (χ3v) is 0.860. The van der Waals surface area contributed by atoms with Crippen molar-refractivity contribution in [2.75, 3.05) is 0 Å². The Morgan fingerprint density at radius 3 is 2.60 bits per heavy atom. The van der Waals surface area contributed by atoms with Crippen LogP contribution < -0.4 is 0 Å². The van der Waals surface area contributed by atoms with Crippen LogP contribution in [0.4, 0.5) is 0 Å². The van der Waals surface area contributed by atoms with E-state index in [0.717, 1.165) is 6.08 Å². The van der Waals surface area contributed by atoms with E-state index in [-0.39, 0.29) is 12.1 Å². The number of rotatable bonds is 3. The summed E-state index contributed by atoms with van der Waals surface area (Å²) in [7, 11) is 0. The molecular formula is C5H7NO4. The lowest BCUT2D eigenvalue weighted by molar-refractivity contribution is -0.424. The van der Waals surface area contributed by atoms with Gasteiger partial charge in [0.25, 0.3) is 0 Å². The second-order valence-electron chi connectivity index (χ2n) is 1.70. The van der Waals surface area contributed by atoms with Gasteiger partial charge < -0.3 is 5.11 Å². The first-order chi connectivity index (χ1) is 4.54. The first-order valence-corrected chi connectivity index (χ1v) is 2.57. The summed E-state index contributed by atoms with van der Waals surface area (Å²) in [6.45, 7) is 1.25. The second kappa shape index (κ2) is 3.60. The molecule has 0 spiro atoms. The predicted molar refractivity (Wildman–Crippen MR) is 33.0 cm³/mol. The standard InChI is InChI=1S/C5H7NO4/c1-4(6(9)10)2-3-5(7)8/h2H,3H2,1H3,(H,7,8)/b4-2+. The average Bonchev–Trinajstić information content (AvgIpc) is 1.82. The summed E-state index contributed by atoms with van der Waals surface area (Å²) in [5.74, 6) is -1.07. The van der Waals surface area contributed by atoms with Gasteiger partial charge in [-0.1, -0.05) is 0 Å². The second-order valence-corrected chi connectivity index (χ2v) is 1.70. The fourth-order valence-electron chi connectivity index (χ4n) is 0.310. The van der Waals surface area contributed by atoms with Crippen LogP contribution >= 0.6 is 0 Å². The molecule has 0 amide bonds. The monoisotopic (exact) mass is 145 g/mol. The number of aliphatic carboxylic acids is 1. The van der Waals surface area contributed by atoms with E-state index < -0.39 is 10.9 Å². The van der Waals surface area contributed by atoms with Gasteiger partial charge in [-0.25, -0.2) is 0 Å². The van der Waals surface area contributed by atoms with Crippen molar-refractivity contribution in [1.29, 1.82) is 0 Å². The molecule has 0 saturated carbocycles. The normalized spacial score (nSPS) is 11.1. The first-order valence-electron chi connectivity index (χ1n) is 2.57. The summed E-state index contributed by atoms with van der Waals surface area (Å²) in [4.78, 5) is 19.1. The van der Waals surface area contributed by atoms with Crippen molar-refractivity contribution in [3.05, 3.63) is 21.9 Å². The van der Waals surface area contributed by atoms with Crippen molar-refractivity contribution in [1.82, 2.24) is 0 Å². The van der Waals surface area contributed by atoms with Crippen molar-refractivity contribution >= 4 is 5.97 Å². The molecule has 0 aliphatic carbocycles. The molecule has 0 aromatic heterocycles.